The van der Waals surface area contributed by atoms with Crippen LogP contribution in [0, 0.1) is 11.8 Å². The molecule has 1 aliphatic rings. The van der Waals surface area contributed by atoms with Gasteiger partial charge < -0.3 is 15.2 Å². The molecule has 1 aromatic carbocycles. The first-order valence-electron chi connectivity index (χ1n) is 6.19. The Morgan fingerprint density at radius 1 is 1.32 bits per heavy atom. The molecule has 1 aromatic rings. The molecule has 19 heavy (non-hydrogen) atoms. The fourth-order valence-electron chi connectivity index (χ4n) is 2.10. The fourth-order valence-corrected chi connectivity index (χ4v) is 2.10. The lowest BCUT2D eigenvalue weighted by Crippen LogP contribution is -2.26. The van der Waals surface area contributed by atoms with Gasteiger partial charge in [-0.3, -0.25) is 9.59 Å². The summed E-state index contributed by atoms with van der Waals surface area (Å²) in [5, 5.41) is 11.6. The summed E-state index contributed by atoms with van der Waals surface area (Å²) in [4.78, 5) is 22.5. The lowest BCUT2D eigenvalue weighted by atomic mass is 10.1. The Balaban J connectivity index is 1.89. The van der Waals surface area contributed by atoms with E-state index < -0.39 is 11.9 Å². The molecule has 0 radical (unpaired) electrons. The zero-order valence-electron chi connectivity index (χ0n) is 10.8. The van der Waals surface area contributed by atoms with Gasteiger partial charge in [0.15, 0.2) is 0 Å². The van der Waals surface area contributed by atoms with E-state index >= 15 is 0 Å². The third kappa shape index (κ3) is 3.32. The summed E-state index contributed by atoms with van der Waals surface area (Å²) >= 11 is 0. The SMILES string of the molecule is COCc1ccccc1CNC(=O)[C@@H]1C[C@H]1C(=O)O. The predicted octanol–water partition coefficient (Wildman–Crippen LogP) is 1.17. The van der Waals surface area contributed by atoms with Gasteiger partial charge in [0.05, 0.1) is 18.4 Å². The maximum Gasteiger partial charge on any atom is 0.307 e. The molecule has 0 heterocycles. The third-order valence-electron chi connectivity index (χ3n) is 3.32. The number of rotatable bonds is 6. The van der Waals surface area contributed by atoms with Crippen LogP contribution < -0.4 is 5.32 Å². The minimum absolute atomic E-state index is 0.181. The molecule has 0 saturated heterocycles. The molecule has 1 fully saturated rings. The molecule has 5 heteroatoms. The molecular formula is C14H17NO4. The van der Waals surface area contributed by atoms with Gasteiger partial charge in [-0.15, -0.1) is 0 Å². The van der Waals surface area contributed by atoms with E-state index in [0.29, 0.717) is 19.6 Å². The molecule has 1 aliphatic carbocycles. The maximum atomic E-state index is 11.8. The minimum Gasteiger partial charge on any atom is -0.481 e. The van der Waals surface area contributed by atoms with Gasteiger partial charge in [-0.25, -0.2) is 0 Å². The molecule has 1 amide bonds. The van der Waals surface area contributed by atoms with Crippen LogP contribution >= 0.6 is 0 Å². The normalized spacial score (nSPS) is 20.9. The Morgan fingerprint density at radius 3 is 2.58 bits per heavy atom. The van der Waals surface area contributed by atoms with Gasteiger partial charge in [-0.05, 0) is 17.5 Å². The second-order valence-corrected chi connectivity index (χ2v) is 4.71. The summed E-state index contributed by atoms with van der Waals surface area (Å²) in [7, 11) is 1.62. The van der Waals surface area contributed by atoms with Crippen molar-refractivity contribution in [2.75, 3.05) is 7.11 Å². The highest BCUT2D eigenvalue weighted by molar-refractivity contribution is 5.89. The Morgan fingerprint density at radius 2 is 2.00 bits per heavy atom. The average Bonchev–Trinajstić information content (AvgIpc) is 3.18. The smallest absolute Gasteiger partial charge is 0.307 e. The van der Waals surface area contributed by atoms with Crippen LogP contribution in [0.4, 0.5) is 0 Å². The van der Waals surface area contributed by atoms with E-state index in [9.17, 15) is 9.59 Å². The van der Waals surface area contributed by atoms with Crippen molar-refractivity contribution in [3.05, 3.63) is 35.4 Å². The van der Waals surface area contributed by atoms with Gasteiger partial charge in [0.2, 0.25) is 5.91 Å². The molecular weight excluding hydrogens is 246 g/mol. The van der Waals surface area contributed by atoms with Crippen LogP contribution in [0.25, 0.3) is 0 Å². The number of benzene rings is 1. The quantitative estimate of drug-likeness (QED) is 0.807. The monoisotopic (exact) mass is 263 g/mol. The number of carbonyl (C=O) groups excluding carboxylic acids is 1. The average molecular weight is 263 g/mol. The summed E-state index contributed by atoms with van der Waals surface area (Å²) in [5.41, 5.74) is 2.01. The van der Waals surface area contributed by atoms with E-state index in [-0.39, 0.29) is 11.8 Å². The molecule has 2 N–H and O–H groups in total. The van der Waals surface area contributed by atoms with E-state index in [2.05, 4.69) is 5.32 Å². The Bertz CT molecular complexity index is 486. The largest absolute Gasteiger partial charge is 0.481 e. The molecule has 2 rings (SSSR count). The Hall–Kier alpha value is -1.88. The molecule has 102 valence electrons. The van der Waals surface area contributed by atoms with Gasteiger partial charge in [0.1, 0.15) is 0 Å². The van der Waals surface area contributed by atoms with Gasteiger partial charge in [0, 0.05) is 13.7 Å². The number of methoxy groups -OCH3 is 1. The zero-order valence-corrected chi connectivity index (χ0v) is 10.8. The van der Waals surface area contributed by atoms with Crippen molar-refractivity contribution in [1.82, 2.24) is 5.32 Å². The number of carbonyl (C=O) groups is 2. The summed E-state index contributed by atoms with van der Waals surface area (Å²) in [6, 6.07) is 7.69. The van der Waals surface area contributed by atoms with E-state index in [4.69, 9.17) is 9.84 Å². The van der Waals surface area contributed by atoms with Crippen molar-refractivity contribution in [3.8, 4) is 0 Å². The van der Waals surface area contributed by atoms with Gasteiger partial charge in [-0.2, -0.15) is 0 Å². The van der Waals surface area contributed by atoms with Crippen molar-refractivity contribution >= 4 is 11.9 Å². The molecule has 2 atom stereocenters. The first kappa shape index (κ1) is 13.5. The Labute approximate surface area is 111 Å². The van der Waals surface area contributed by atoms with Crippen LogP contribution in [0.1, 0.15) is 17.5 Å². The zero-order chi connectivity index (χ0) is 13.8. The second-order valence-electron chi connectivity index (χ2n) is 4.71. The number of carboxylic acid groups (broad SMARTS) is 1. The maximum absolute atomic E-state index is 11.8. The number of nitrogens with one attached hydrogen (secondary N) is 1. The van der Waals surface area contributed by atoms with Crippen LogP contribution in [0.3, 0.4) is 0 Å². The standard InChI is InChI=1S/C14H17NO4/c1-19-8-10-5-3-2-4-9(10)7-15-13(16)11-6-12(11)14(17)18/h2-5,11-12H,6-8H2,1H3,(H,15,16)(H,17,18)/t11-,12-/m1/s1. The molecule has 0 unspecified atom stereocenters. The van der Waals surface area contributed by atoms with Gasteiger partial charge in [0.25, 0.3) is 0 Å². The van der Waals surface area contributed by atoms with Crippen molar-refractivity contribution < 1.29 is 19.4 Å². The topological polar surface area (TPSA) is 75.6 Å². The fraction of sp³-hybridized carbons (Fsp3) is 0.429. The third-order valence-corrected chi connectivity index (χ3v) is 3.32. The molecule has 0 aromatic heterocycles. The van der Waals surface area contributed by atoms with E-state index in [1.54, 1.807) is 7.11 Å². The van der Waals surface area contributed by atoms with Crippen molar-refractivity contribution in [3.63, 3.8) is 0 Å². The summed E-state index contributed by atoms with van der Waals surface area (Å²) in [6.07, 6.45) is 0.445. The van der Waals surface area contributed by atoms with Crippen molar-refractivity contribution in [2.45, 2.75) is 19.6 Å². The second kappa shape index (κ2) is 5.84. The van der Waals surface area contributed by atoms with E-state index in [1.165, 1.54) is 0 Å². The number of ether oxygens (including phenoxy) is 1. The number of hydrogen-bond acceptors (Lipinski definition) is 3. The summed E-state index contributed by atoms with van der Waals surface area (Å²) in [5.74, 6) is -1.94. The van der Waals surface area contributed by atoms with E-state index in [0.717, 1.165) is 11.1 Å². The van der Waals surface area contributed by atoms with E-state index in [1.807, 2.05) is 24.3 Å². The molecule has 0 bridgehead atoms. The minimum atomic E-state index is -0.889. The first-order chi connectivity index (χ1) is 9.13. The summed E-state index contributed by atoms with van der Waals surface area (Å²) in [6.45, 7) is 0.897. The molecule has 0 spiro atoms. The highest BCUT2D eigenvalue weighted by Gasteiger charge is 2.48. The highest BCUT2D eigenvalue weighted by Crippen LogP contribution is 2.38. The number of hydrogen-bond donors (Lipinski definition) is 2. The highest BCUT2D eigenvalue weighted by atomic mass is 16.5. The molecule has 0 aliphatic heterocycles. The van der Waals surface area contributed by atoms with Gasteiger partial charge >= 0.3 is 5.97 Å². The van der Waals surface area contributed by atoms with Gasteiger partial charge in [-0.1, -0.05) is 24.3 Å². The number of aliphatic carboxylic acids is 1. The molecule has 1 saturated carbocycles. The van der Waals surface area contributed by atoms with Crippen molar-refractivity contribution in [1.29, 1.82) is 0 Å². The Kier molecular flexibility index (Phi) is 4.16. The molecule has 5 nitrogen and oxygen atoms in total. The number of amides is 1. The lowest BCUT2D eigenvalue weighted by molar-refractivity contribution is -0.140. The van der Waals surface area contributed by atoms with Crippen LogP contribution in [0.15, 0.2) is 24.3 Å². The van der Waals surface area contributed by atoms with Crippen LogP contribution in [0.2, 0.25) is 0 Å². The van der Waals surface area contributed by atoms with Crippen LogP contribution in [0.5, 0.6) is 0 Å². The lowest BCUT2D eigenvalue weighted by Gasteiger charge is -2.09. The van der Waals surface area contributed by atoms with Crippen LogP contribution in [-0.4, -0.2) is 24.1 Å². The number of carboxylic acids is 1. The van der Waals surface area contributed by atoms with Crippen LogP contribution in [-0.2, 0) is 27.5 Å². The van der Waals surface area contributed by atoms with Crippen molar-refractivity contribution in [2.24, 2.45) is 11.8 Å². The predicted molar refractivity (Wildman–Crippen MR) is 68.2 cm³/mol. The summed E-state index contributed by atoms with van der Waals surface area (Å²) < 4.78 is 5.09. The first-order valence-corrected chi connectivity index (χ1v) is 6.19.